The van der Waals surface area contributed by atoms with Gasteiger partial charge in [0.25, 0.3) is 0 Å². The SMILES string of the molecule is Cc1cc(N(c2cc(C)c(-c3cccc4cc5ccccc5cc34)cc2C)c2cc(C)c(-c3cccc4cc5ccccc5cc34)cc2C)c(C)cc1-c1cccc2cc3ccccc3cc12. The minimum atomic E-state index is 1.19. The molecular formula is C66H51N. The smallest absolute Gasteiger partial charge is 0.0494 e. The third-order valence-corrected chi connectivity index (χ3v) is 14.5. The van der Waals surface area contributed by atoms with Gasteiger partial charge < -0.3 is 4.90 Å². The zero-order valence-electron chi connectivity index (χ0n) is 39.0. The molecule has 0 heterocycles. The molecule has 0 aliphatic rings. The van der Waals surface area contributed by atoms with E-state index in [-0.39, 0.29) is 0 Å². The van der Waals surface area contributed by atoms with Crippen LogP contribution in [0.15, 0.2) is 200 Å². The van der Waals surface area contributed by atoms with Gasteiger partial charge in [-0.1, -0.05) is 127 Å². The minimum absolute atomic E-state index is 1.19. The van der Waals surface area contributed by atoms with Gasteiger partial charge in [-0.2, -0.15) is 0 Å². The second kappa shape index (κ2) is 15.9. The number of aryl methyl sites for hydroxylation is 6. The lowest BCUT2D eigenvalue weighted by atomic mass is 9.89. The molecule has 0 saturated carbocycles. The summed E-state index contributed by atoms with van der Waals surface area (Å²) in [6.45, 7) is 13.7. The van der Waals surface area contributed by atoms with Crippen molar-refractivity contribution < 1.29 is 0 Å². The highest BCUT2D eigenvalue weighted by Crippen LogP contribution is 2.47. The van der Waals surface area contributed by atoms with Crippen molar-refractivity contribution >= 4 is 81.7 Å². The summed E-state index contributed by atoms with van der Waals surface area (Å²) in [6.07, 6.45) is 0. The summed E-state index contributed by atoms with van der Waals surface area (Å²) in [6, 6.07) is 75.0. The molecule has 0 N–H and O–H groups in total. The first-order chi connectivity index (χ1) is 32.7. The fourth-order valence-electron chi connectivity index (χ4n) is 11.0. The summed E-state index contributed by atoms with van der Waals surface area (Å²) >= 11 is 0. The fourth-order valence-corrected chi connectivity index (χ4v) is 11.0. The number of anilines is 3. The van der Waals surface area contributed by atoms with Gasteiger partial charge >= 0.3 is 0 Å². The van der Waals surface area contributed by atoms with Crippen LogP contribution in [0.5, 0.6) is 0 Å². The Bertz CT molecular complexity index is 3580. The Morgan fingerprint density at radius 2 is 0.463 bits per heavy atom. The van der Waals surface area contributed by atoms with Gasteiger partial charge in [0.2, 0.25) is 0 Å². The Balaban J connectivity index is 1.05. The molecule has 1 heteroatoms. The van der Waals surface area contributed by atoms with E-state index < -0.39 is 0 Å². The van der Waals surface area contributed by atoms with Crippen LogP contribution >= 0.6 is 0 Å². The molecule has 12 rings (SSSR count). The second-order valence-electron chi connectivity index (χ2n) is 18.9. The Kier molecular flexibility index (Phi) is 9.59. The highest BCUT2D eigenvalue weighted by atomic mass is 15.1. The van der Waals surface area contributed by atoms with Crippen LogP contribution in [0.2, 0.25) is 0 Å². The van der Waals surface area contributed by atoms with E-state index in [1.54, 1.807) is 0 Å². The molecule has 320 valence electrons. The Hall–Kier alpha value is -8.00. The third-order valence-electron chi connectivity index (χ3n) is 14.5. The number of hydrogen-bond acceptors (Lipinski definition) is 1. The standard InChI is InChI=1S/C66H51N/c1-40-31-64(43(4)28-58(40)55-25-13-22-52-34-46-16-7-10-19-49(46)37-61(52)55)67(65-32-41(2)59(29-44(65)5)56-26-14-23-53-35-47-17-8-11-20-50(47)38-62(53)56)66-33-42(3)60(30-45(66)6)57-27-15-24-54-36-48-18-9-12-21-51(48)39-63(54)57/h7-39H,1-6H3. The van der Waals surface area contributed by atoms with E-state index in [9.17, 15) is 0 Å². The van der Waals surface area contributed by atoms with Crippen molar-refractivity contribution in [3.63, 3.8) is 0 Å². The molecule has 0 radical (unpaired) electrons. The van der Waals surface area contributed by atoms with Crippen LogP contribution in [0.25, 0.3) is 98.0 Å². The largest absolute Gasteiger partial charge is 0.310 e. The van der Waals surface area contributed by atoms with Crippen molar-refractivity contribution in [1.29, 1.82) is 0 Å². The van der Waals surface area contributed by atoms with Crippen LogP contribution in [0.3, 0.4) is 0 Å². The first kappa shape index (κ1) is 40.5. The Morgan fingerprint density at radius 1 is 0.209 bits per heavy atom. The highest BCUT2D eigenvalue weighted by molar-refractivity contribution is 6.08. The predicted molar refractivity (Wildman–Crippen MR) is 291 cm³/mol. The van der Waals surface area contributed by atoms with Gasteiger partial charge in [0.05, 0.1) is 0 Å². The van der Waals surface area contributed by atoms with Crippen molar-refractivity contribution in [2.24, 2.45) is 0 Å². The summed E-state index contributed by atoms with van der Waals surface area (Å²) in [4.78, 5) is 2.55. The average molecular weight is 858 g/mol. The molecule has 67 heavy (non-hydrogen) atoms. The van der Waals surface area contributed by atoms with E-state index in [1.165, 1.54) is 148 Å². The van der Waals surface area contributed by atoms with E-state index in [4.69, 9.17) is 0 Å². The number of rotatable bonds is 6. The summed E-state index contributed by atoms with van der Waals surface area (Å²) in [5, 5.41) is 15.2. The molecule has 12 aromatic rings. The molecule has 0 aliphatic carbocycles. The maximum Gasteiger partial charge on any atom is 0.0494 e. The lowest BCUT2D eigenvalue weighted by molar-refractivity contribution is 1.18. The highest BCUT2D eigenvalue weighted by Gasteiger charge is 2.24. The van der Waals surface area contributed by atoms with Gasteiger partial charge in [-0.25, -0.2) is 0 Å². The van der Waals surface area contributed by atoms with Crippen LogP contribution in [0.1, 0.15) is 33.4 Å². The Labute approximate surface area is 393 Å². The molecule has 0 saturated heterocycles. The molecule has 0 fully saturated rings. The van der Waals surface area contributed by atoms with Gasteiger partial charge in [0.15, 0.2) is 0 Å². The quantitative estimate of drug-likeness (QED) is 0.151. The predicted octanol–water partition coefficient (Wildman–Crippen LogP) is 18.9. The van der Waals surface area contributed by atoms with Gasteiger partial charge in [-0.15, -0.1) is 0 Å². The van der Waals surface area contributed by atoms with Crippen LogP contribution in [0.4, 0.5) is 17.1 Å². The summed E-state index contributed by atoms with van der Waals surface area (Å²) in [7, 11) is 0. The van der Waals surface area contributed by atoms with E-state index in [2.05, 4.69) is 247 Å². The fraction of sp³-hybridized carbons (Fsp3) is 0.0909. The first-order valence-corrected chi connectivity index (χ1v) is 23.6. The van der Waals surface area contributed by atoms with E-state index >= 15 is 0 Å². The molecule has 0 unspecified atom stereocenters. The number of hydrogen-bond donors (Lipinski definition) is 0. The summed E-state index contributed by atoms with van der Waals surface area (Å²) in [5.74, 6) is 0. The van der Waals surface area contributed by atoms with E-state index in [1.807, 2.05) is 0 Å². The van der Waals surface area contributed by atoms with Crippen molar-refractivity contribution in [2.45, 2.75) is 41.5 Å². The van der Waals surface area contributed by atoms with Crippen LogP contribution < -0.4 is 4.90 Å². The normalized spacial score (nSPS) is 11.7. The van der Waals surface area contributed by atoms with Gasteiger partial charge in [0, 0.05) is 17.1 Å². The van der Waals surface area contributed by atoms with Crippen molar-refractivity contribution in [3.8, 4) is 33.4 Å². The van der Waals surface area contributed by atoms with Crippen LogP contribution in [-0.4, -0.2) is 0 Å². The molecule has 0 bridgehead atoms. The molecule has 1 nitrogen and oxygen atoms in total. The maximum atomic E-state index is 2.55. The van der Waals surface area contributed by atoms with E-state index in [0.717, 1.165) is 0 Å². The van der Waals surface area contributed by atoms with Gasteiger partial charge in [-0.05, 0) is 246 Å². The summed E-state index contributed by atoms with van der Waals surface area (Å²) in [5.41, 5.74) is 18.6. The van der Waals surface area contributed by atoms with Crippen molar-refractivity contribution in [1.82, 2.24) is 0 Å². The van der Waals surface area contributed by atoms with Gasteiger partial charge in [-0.3, -0.25) is 0 Å². The molecule has 0 spiro atoms. The van der Waals surface area contributed by atoms with Crippen molar-refractivity contribution in [3.05, 3.63) is 234 Å². The first-order valence-electron chi connectivity index (χ1n) is 23.6. The third kappa shape index (κ3) is 6.85. The zero-order valence-corrected chi connectivity index (χ0v) is 39.0. The molecule has 0 aromatic heterocycles. The minimum Gasteiger partial charge on any atom is -0.310 e. The van der Waals surface area contributed by atoms with Crippen LogP contribution in [0, 0.1) is 41.5 Å². The molecule has 0 atom stereocenters. The molecule has 0 aliphatic heterocycles. The number of benzene rings is 12. The molecule has 12 aromatic carbocycles. The van der Waals surface area contributed by atoms with Crippen LogP contribution in [-0.2, 0) is 0 Å². The lowest BCUT2D eigenvalue weighted by Crippen LogP contribution is -2.15. The molecule has 0 amide bonds. The second-order valence-corrected chi connectivity index (χ2v) is 18.9. The van der Waals surface area contributed by atoms with Crippen molar-refractivity contribution in [2.75, 3.05) is 4.90 Å². The molecular weight excluding hydrogens is 807 g/mol. The monoisotopic (exact) mass is 857 g/mol. The number of fused-ring (bicyclic) bond motifs is 6. The van der Waals surface area contributed by atoms with E-state index in [0.29, 0.717) is 0 Å². The Morgan fingerprint density at radius 3 is 0.746 bits per heavy atom. The summed E-state index contributed by atoms with van der Waals surface area (Å²) < 4.78 is 0. The number of nitrogens with zero attached hydrogens (tertiary/aromatic N) is 1. The van der Waals surface area contributed by atoms with Gasteiger partial charge in [0.1, 0.15) is 0 Å². The topological polar surface area (TPSA) is 3.24 Å². The zero-order chi connectivity index (χ0) is 45.5. The lowest BCUT2D eigenvalue weighted by Gasteiger charge is -2.32. The maximum absolute atomic E-state index is 2.55. The average Bonchev–Trinajstić information content (AvgIpc) is 3.34.